The second-order valence-electron chi connectivity index (χ2n) is 6.90. The number of rotatable bonds is 9. The van der Waals surface area contributed by atoms with E-state index in [1.807, 2.05) is 0 Å². The Morgan fingerprint density at radius 2 is 1.71 bits per heavy atom. The molecule has 0 aliphatic heterocycles. The number of aliphatic imine (C=N–C) groups is 1. The van der Waals surface area contributed by atoms with Gasteiger partial charge in [0.1, 0.15) is 17.3 Å². The van der Waals surface area contributed by atoms with E-state index < -0.39 is 11.8 Å². The number of nitrogens with zero attached hydrogens (tertiary/aromatic N) is 1. The summed E-state index contributed by atoms with van der Waals surface area (Å²) in [5.41, 5.74) is 1.78. The highest BCUT2D eigenvalue weighted by molar-refractivity contribution is 6.31. The van der Waals surface area contributed by atoms with Crippen LogP contribution in [0.2, 0.25) is 5.02 Å². The molecule has 4 nitrogen and oxygen atoms in total. The van der Waals surface area contributed by atoms with Gasteiger partial charge in [0, 0.05) is 6.21 Å². The quantitative estimate of drug-likeness (QED) is 0.156. The predicted molar refractivity (Wildman–Crippen MR) is 122 cm³/mol. The third-order valence-corrected chi connectivity index (χ3v) is 4.75. The normalized spacial score (nSPS) is 10.9. The molecule has 0 heterocycles. The molecular formula is C25H23ClFNO3. The number of unbranched alkanes of at least 4 members (excludes halogenated alkanes) is 2. The smallest absolute Gasteiger partial charge is 0.343 e. The first-order chi connectivity index (χ1) is 15.0. The summed E-state index contributed by atoms with van der Waals surface area (Å²) in [4.78, 5) is 16.6. The second-order valence-corrected chi connectivity index (χ2v) is 7.30. The molecule has 3 rings (SSSR count). The second kappa shape index (κ2) is 11.3. The van der Waals surface area contributed by atoms with Gasteiger partial charge in [0.2, 0.25) is 0 Å². The van der Waals surface area contributed by atoms with Gasteiger partial charge in [-0.25, -0.2) is 9.18 Å². The molecule has 31 heavy (non-hydrogen) atoms. The van der Waals surface area contributed by atoms with Crippen LogP contribution < -0.4 is 9.47 Å². The molecule has 0 amide bonds. The van der Waals surface area contributed by atoms with Gasteiger partial charge in [0.05, 0.1) is 22.9 Å². The van der Waals surface area contributed by atoms with Crippen LogP contribution in [0.15, 0.2) is 71.7 Å². The molecule has 0 radical (unpaired) electrons. The lowest BCUT2D eigenvalue weighted by Gasteiger charge is -2.07. The average Bonchev–Trinajstić information content (AvgIpc) is 2.79. The zero-order valence-corrected chi connectivity index (χ0v) is 17.9. The standard InChI is InChI=1S/C25H23ClFNO3/c1-2-3-4-15-30-21-12-7-19(8-13-21)25(29)31-22-10-5-18(6-11-22)17-28-20-9-14-24(27)23(26)16-20/h5-14,16-17H,2-4,15H2,1H3. The Bertz CT molecular complexity index is 1030. The molecule has 0 N–H and O–H groups in total. The summed E-state index contributed by atoms with van der Waals surface area (Å²) in [6.07, 6.45) is 4.91. The number of hydrogen-bond donors (Lipinski definition) is 0. The summed E-state index contributed by atoms with van der Waals surface area (Å²) < 4.78 is 24.3. The molecule has 0 aliphatic rings. The Balaban J connectivity index is 1.54. The van der Waals surface area contributed by atoms with Crippen LogP contribution in [-0.2, 0) is 0 Å². The van der Waals surface area contributed by atoms with Crippen LogP contribution in [0.1, 0.15) is 42.1 Å². The van der Waals surface area contributed by atoms with Crippen molar-refractivity contribution in [1.29, 1.82) is 0 Å². The summed E-state index contributed by atoms with van der Waals surface area (Å²) in [5, 5.41) is 0.0213. The van der Waals surface area contributed by atoms with Gasteiger partial charge in [-0.1, -0.05) is 31.4 Å². The molecule has 0 aromatic heterocycles. The maximum atomic E-state index is 13.2. The minimum Gasteiger partial charge on any atom is -0.494 e. The van der Waals surface area contributed by atoms with E-state index in [4.69, 9.17) is 21.1 Å². The van der Waals surface area contributed by atoms with Crippen LogP contribution in [0.5, 0.6) is 11.5 Å². The van der Waals surface area contributed by atoms with Crippen molar-refractivity contribution in [3.8, 4) is 11.5 Å². The number of carbonyl (C=O) groups excluding carboxylic acids is 1. The molecule has 6 heteroatoms. The lowest BCUT2D eigenvalue weighted by Crippen LogP contribution is -2.08. The molecule has 0 saturated carbocycles. The zero-order valence-electron chi connectivity index (χ0n) is 17.2. The summed E-state index contributed by atoms with van der Waals surface area (Å²) >= 11 is 5.75. The number of benzene rings is 3. The molecule has 3 aromatic rings. The van der Waals surface area contributed by atoms with Gasteiger partial charge in [-0.05, 0) is 78.7 Å². The van der Waals surface area contributed by atoms with Crippen LogP contribution in [0.4, 0.5) is 10.1 Å². The molecule has 3 aromatic carbocycles. The summed E-state index contributed by atoms with van der Waals surface area (Å²) in [7, 11) is 0. The molecular weight excluding hydrogens is 417 g/mol. The van der Waals surface area contributed by atoms with Crippen molar-refractivity contribution in [1.82, 2.24) is 0 Å². The number of hydrogen-bond acceptors (Lipinski definition) is 4. The van der Waals surface area contributed by atoms with Crippen LogP contribution in [0.3, 0.4) is 0 Å². The summed E-state index contributed by atoms with van der Waals surface area (Å²) in [6.45, 7) is 2.81. The Morgan fingerprint density at radius 3 is 2.39 bits per heavy atom. The Morgan fingerprint density at radius 1 is 1.00 bits per heavy atom. The molecule has 0 atom stereocenters. The zero-order chi connectivity index (χ0) is 22.1. The maximum absolute atomic E-state index is 13.2. The van der Waals surface area contributed by atoms with Crippen molar-refractivity contribution in [3.63, 3.8) is 0 Å². The monoisotopic (exact) mass is 439 g/mol. The average molecular weight is 440 g/mol. The highest BCUT2D eigenvalue weighted by Gasteiger charge is 2.09. The summed E-state index contributed by atoms with van der Waals surface area (Å²) in [5.74, 6) is 0.228. The topological polar surface area (TPSA) is 47.9 Å². The van der Waals surface area contributed by atoms with E-state index in [1.54, 1.807) is 54.7 Å². The SMILES string of the molecule is CCCCCOc1ccc(C(=O)Oc2ccc(C=Nc3ccc(F)c(Cl)c3)cc2)cc1. The minimum atomic E-state index is -0.485. The molecule has 0 aliphatic carbocycles. The van der Waals surface area contributed by atoms with Crippen LogP contribution in [0.25, 0.3) is 0 Å². The number of ether oxygens (including phenoxy) is 2. The molecule has 0 saturated heterocycles. The van der Waals surface area contributed by atoms with Crippen molar-refractivity contribution in [3.05, 3.63) is 88.7 Å². The van der Waals surface area contributed by atoms with E-state index in [9.17, 15) is 9.18 Å². The Kier molecular flexibility index (Phi) is 8.19. The lowest BCUT2D eigenvalue weighted by atomic mass is 10.2. The van der Waals surface area contributed by atoms with Gasteiger partial charge in [-0.15, -0.1) is 0 Å². The van der Waals surface area contributed by atoms with Crippen LogP contribution in [0, 0.1) is 5.82 Å². The van der Waals surface area contributed by atoms with E-state index in [-0.39, 0.29) is 5.02 Å². The number of halogens is 2. The number of carbonyl (C=O) groups is 1. The fourth-order valence-electron chi connectivity index (χ4n) is 2.73. The van der Waals surface area contributed by atoms with Crippen molar-refractivity contribution < 1.29 is 18.7 Å². The highest BCUT2D eigenvalue weighted by Crippen LogP contribution is 2.22. The molecule has 0 unspecified atom stereocenters. The van der Waals surface area contributed by atoms with Gasteiger partial charge >= 0.3 is 5.97 Å². The van der Waals surface area contributed by atoms with E-state index in [1.165, 1.54) is 18.2 Å². The van der Waals surface area contributed by atoms with E-state index in [0.29, 0.717) is 23.6 Å². The van der Waals surface area contributed by atoms with Crippen molar-refractivity contribution in [2.24, 2.45) is 4.99 Å². The molecule has 0 spiro atoms. The third kappa shape index (κ3) is 6.93. The largest absolute Gasteiger partial charge is 0.494 e. The molecule has 0 fully saturated rings. The van der Waals surface area contributed by atoms with Gasteiger partial charge in [0.15, 0.2) is 0 Å². The Labute approximate surface area is 186 Å². The summed E-state index contributed by atoms with van der Waals surface area (Å²) in [6, 6.07) is 18.1. The fraction of sp³-hybridized carbons (Fsp3) is 0.200. The van der Waals surface area contributed by atoms with Gasteiger partial charge in [0.25, 0.3) is 0 Å². The van der Waals surface area contributed by atoms with Gasteiger partial charge < -0.3 is 9.47 Å². The first kappa shape index (κ1) is 22.5. The lowest BCUT2D eigenvalue weighted by molar-refractivity contribution is 0.0734. The van der Waals surface area contributed by atoms with E-state index in [2.05, 4.69) is 11.9 Å². The first-order valence-corrected chi connectivity index (χ1v) is 10.5. The molecule has 160 valence electrons. The Hall–Kier alpha value is -3.18. The van der Waals surface area contributed by atoms with Crippen molar-refractivity contribution >= 4 is 29.5 Å². The van der Waals surface area contributed by atoms with Crippen LogP contribution >= 0.6 is 11.6 Å². The van der Waals surface area contributed by atoms with Crippen LogP contribution in [-0.4, -0.2) is 18.8 Å². The van der Waals surface area contributed by atoms with E-state index >= 15 is 0 Å². The third-order valence-electron chi connectivity index (χ3n) is 4.46. The first-order valence-electron chi connectivity index (χ1n) is 10.1. The molecule has 0 bridgehead atoms. The number of esters is 1. The highest BCUT2D eigenvalue weighted by atomic mass is 35.5. The predicted octanol–water partition coefficient (Wildman–Crippen LogP) is 7.02. The minimum absolute atomic E-state index is 0.0213. The van der Waals surface area contributed by atoms with Gasteiger partial charge in [-0.3, -0.25) is 4.99 Å². The van der Waals surface area contributed by atoms with Crippen molar-refractivity contribution in [2.45, 2.75) is 26.2 Å². The van der Waals surface area contributed by atoms with Gasteiger partial charge in [-0.2, -0.15) is 0 Å². The van der Waals surface area contributed by atoms with Crippen molar-refractivity contribution in [2.75, 3.05) is 6.61 Å². The maximum Gasteiger partial charge on any atom is 0.343 e. The van der Waals surface area contributed by atoms with E-state index in [0.717, 1.165) is 30.6 Å². The fourth-order valence-corrected chi connectivity index (χ4v) is 2.91.